The van der Waals surface area contributed by atoms with Crippen LogP contribution >= 0.6 is 0 Å². The number of aromatic nitrogens is 1. The summed E-state index contributed by atoms with van der Waals surface area (Å²) in [4.78, 5) is 3.08. The van der Waals surface area contributed by atoms with Crippen molar-refractivity contribution < 1.29 is 22.0 Å². The Bertz CT molecular complexity index is 461. The fourth-order valence-corrected chi connectivity index (χ4v) is 1.36. The van der Waals surface area contributed by atoms with Crippen LogP contribution in [0.3, 0.4) is 0 Å². The Balaban J connectivity index is 3.63. The average Bonchev–Trinajstić information content (AvgIpc) is 2.25. The van der Waals surface area contributed by atoms with Crippen LogP contribution in [0.4, 0.5) is 22.0 Å². The zero-order valence-corrected chi connectivity index (χ0v) is 8.22. The quantitative estimate of drug-likeness (QED) is 0.820. The second kappa shape index (κ2) is 4.63. The molecule has 0 unspecified atom stereocenters. The summed E-state index contributed by atoms with van der Waals surface area (Å²) in [5.74, 6) is 0. The number of nitrogens with zero attached hydrogens (tertiary/aromatic N) is 2. The maximum atomic E-state index is 12.6. The highest BCUT2D eigenvalue weighted by Gasteiger charge is 2.38. The lowest BCUT2D eigenvalue weighted by molar-refractivity contribution is -0.138. The minimum atomic E-state index is -4.95. The molecule has 3 nitrogen and oxygen atoms in total. The Kier molecular flexibility index (Phi) is 3.63. The van der Waals surface area contributed by atoms with E-state index in [1.54, 1.807) is 0 Å². The molecule has 8 heteroatoms. The number of nitrogens with two attached hydrogens (primary N) is 1. The Morgan fingerprint density at radius 1 is 1.41 bits per heavy atom. The standard InChI is InChI=1S/C9H6F5N3/c10-8(11)5-3-17-6(2-16)7(4(5)1-15)9(12,13)14/h3,8H,1,15H2. The van der Waals surface area contributed by atoms with Gasteiger partial charge in [0.2, 0.25) is 0 Å². The Morgan fingerprint density at radius 3 is 2.35 bits per heavy atom. The third-order valence-corrected chi connectivity index (χ3v) is 2.05. The minimum Gasteiger partial charge on any atom is -0.326 e. The van der Waals surface area contributed by atoms with Gasteiger partial charge in [0, 0.05) is 18.3 Å². The monoisotopic (exact) mass is 251 g/mol. The van der Waals surface area contributed by atoms with Gasteiger partial charge in [-0.3, -0.25) is 0 Å². The molecule has 1 heterocycles. The van der Waals surface area contributed by atoms with E-state index in [0.717, 1.165) is 0 Å². The Labute approximate surface area is 92.7 Å². The minimum absolute atomic E-state index is 0.542. The van der Waals surface area contributed by atoms with Gasteiger partial charge in [-0.2, -0.15) is 18.4 Å². The van der Waals surface area contributed by atoms with E-state index in [2.05, 4.69) is 4.98 Å². The highest BCUT2D eigenvalue weighted by Crippen LogP contribution is 2.37. The molecule has 1 aromatic rings. The zero-order chi connectivity index (χ0) is 13.2. The predicted octanol–water partition coefficient (Wildman–Crippen LogP) is 2.37. The predicted molar refractivity (Wildman–Crippen MR) is 46.8 cm³/mol. The number of nitriles is 1. The Hall–Kier alpha value is -1.75. The molecule has 0 aliphatic carbocycles. The summed E-state index contributed by atoms with van der Waals surface area (Å²) < 4.78 is 62.8. The molecule has 0 saturated heterocycles. The number of pyridine rings is 1. The van der Waals surface area contributed by atoms with Crippen molar-refractivity contribution in [1.29, 1.82) is 5.26 Å². The Morgan fingerprint density at radius 2 is 2.00 bits per heavy atom. The molecule has 0 aliphatic rings. The lowest BCUT2D eigenvalue weighted by Gasteiger charge is -2.15. The SMILES string of the molecule is N#Cc1ncc(C(F)F)c(CN)c1C(F)(F)F. The van der Waals surface area contributed by atoms with Crippen LogP contribution in [-0.2, 0) is 12.7 Å². The van der Waals surface area contributed by atoms with E-state index in [0.29, 0.717) is 6.20 Å². The molecule has 0 aliphatic heterocycles. The molecule has 17 heavy (non-hydrogen) atoms. The van der Waals surface area contributed by atoms with Crippen molar-refractivity contribution >= 4 is 0 Å². The molecule has 0 bridgehead atoms. The molecule has 0 amide bonds. The lowest BCUT2D eigenvalue weighted by atomic mass is 10.0. The largest absolute Gasteiger partial charge is 0.419 e. The maximum absolute atomic E-state index is 12.6. The average molecular weight is 251 g/mol. The smallest absolute Gasteiger partial charge is 0.326 e. The first kappa shape index (κ1) is 13.3. The summed E-state index contributed by atoms with van der Waals surface area (Å²) in [7, 11) is 0. The summed E-state index contributed by atoms with van der Waals surface area (Å²) in [6, 6.07) is 1.21. The van der Waals surface area contributed by atoms with Gasteiger partial charge in [0.05, 0.1) is 5.56 Å². The molecule has 92 valence electrons. The van der Waals surface area contributed by atoms with E-state index in [4.69, 9.17) is 11.0 Å². The van der Waals surface area contributed by atoms with Crippen molar-refractivity contribution in [2.75, 3.05) is 0 Å². The van der Waals surface area contributed by atoms with E-state index >= 15 is 0 Å². The van der Waals surface area contributed by atoms with Gasteiger partial charge in [-0.15, -0.1) is 0 Å². The van der Waals surface area contributed by atoms with E-state index in [1.807, 2.05) is 0 Å². The van der Waals surface area contributed by atoms with Crippen LogP contribution in [0.5, 0.6) is 0 Å². The summed E-state index contributed by atoms with van der Waals surface area (Å²) >= 11 is 0. The molecule has 0 aromatic carbocycles. The van der Waals surface area contributed by atoms with Gasteiger partial charge in [-0.25, -0.2) is 13.8 Å². The van der Waals surface area contributed by atoms with Crippen LogP contribution in [0.2, 0.25) is 0 Å². The van der Waals surface area contributed by atoms with Crippen molar-refractivity contribution in [2.24, 2.45) is 5.73 Å². The van der Waals surface area contributed by atoms with Gasteiger partial charge in [-0.1, -0.05) is 0 Å². The topological polar surface area (TPSA) is 62.7 Å². The van der Waals surface area contributed by atoms with Gasteiger partial charge in [-0.05, 0) is 5.56 Å². The first-order valence-corrected chi connectivity index (χ1v) is 4.30. The number of alkyl halides is 5. The zero-order valence-electron chi connectivity index (χ0n) is 8.22. The molecule has 0 fully saturated rings. The van der Waals surface area contributed by atoms with Crippen molar-refractivity contribution in [3.63, 3.8) is 0 Å². The normalized spacial score (nSPS) is 11.6. The number of rotatable bonds is 2. The van der Waals surface area contributed by atoms with Crippen molar-refractivity contribution in [3.05, 3.63) is 28.6 Å². The van der Waals surface area contributed by atoms with Crippen LogP contribution in [-0.4, -0.2) is 4.98 Å². The number of hydrogen-bond acceptors (Lipinski definition) is 3. The van der Waals surface area contributed by atoms with Crippen molar-refractivity contribution in [3.8, 4) is 6.07 Å². The fraction of sp³-hybridized carbons (Fsp3) is 0.333. The third kappa shape index (κ3) is 2.50. The van der Waals surface area contributed by atoms with Crippen LogP contribution in [0, 0.1) is 11.3 Å². The van der Waals surface area contributed by atoms with Gasteiger partial charge < -0.3 is 5.73 Å². The highest BCUT2D eigenvalue weighted by atomic mass is 19.4. The van der Waals surface area contributed by atoms with Crippen molar-refractivity contribution in [1.82, 2.24) is 4.98 Å². The molecule has 0 atom stereocenters. The molecular formula is C9H6F5N3. The molecular weight excluding hydrogens is 245 g/mol. The summed E-state index contributed by atoms with van der Waals surface area (Å²) in [6.07, 6.45) is -7.53. The second-order valence-electron chi connectivity index (χ2n) is 3.03. The molecule has 0 saturated carbocycles. The van der Waals surface area contributed by atoms with Gasteiger partial charge >= 0.3 is 6.18 Å². The molecule has 2 N–H and O–H groups in total. The van der Waals surface area contributed by atoms with E-state index in [9.17, 15) is 22.0 Å². The van der Waals surface area contributed by atoms with Gasteiger partial charge in [0.25, 0.3) is 6.43 Å². The van der Waals surface area contributed by atoms with E-state index in [-0.39, 0.29) is 0 Å². The third-order valence-electron chi connectivity index (χ3n) is 2.05. The first-order valence-electron chi connectivity index (χ1n) is 4.30. The van der Waals surface area contributed by atoms with Crippen LogP contribution < -0.4 is 5.73 Å². The first-order chi connectivity index (χ1) is 7.82. The van der Waals surface area contributed by atoms with Crippen LogP contribution in [0.15, 0.2) is 6.20 Å². The summed E-state index contributed by atoms with van der Waals surface area (Å²) in [5.41, 5.74) is 0.901. The molecule has 0 radical (unpaired) electrons. The van der Waals surface area contributed by atoms with Gasteiger partial charge in [0.1, 0.15) is 6.07 Å². The molecule has 1 rings (SSSR count). The molecule has 0 spiro atoms. The number of hydrogen-bond donors (Lipinski definition) is 1. The second-order valence-corrected chi connectivity index (χ2v) is 3.03. The highest BCUT2D eigenvalue weighted by molar-refractivity contribution is 5.44. The molecule has 1 aromatic heterocycles. The summed E-state index contributed by atoms with van der Waals surface area (Å²) in [6.45, 7) is -0.744. The van der Waals surface area contributed by atoms with Crippen LogP contribution in [0.25, 0.3) is 0 Å². The maximum Gasteiger partial charge on any atom is 0.419 e. The van der Waals surface area contributed by atoms with Crippen LogP contribution in [0.1, 0.15) is 28.8 Å². The summed E-state index contributed by atoms with van der Waals surface area (Å²) in [5, 5.41) is 8.49. The fourth-order valence-electron chi connectivity index (χ4n) is 1.36. The van der Waals surface area contributed by atoms with Crippen molar-refractivity contribution in [2.45, 2.75) is 19.1 Å². The van der Waals surface area contributed by atoms with E-state index in [1.165, 1.54) is 6.07 Å². The lowest BCUT2D eigenvalue weighted by Crippen LogP contribution is -2.18. The number of halogens is 5. The van der Waals surface area contributed by atoms with Gasteiger partial charge in [0.15, 0.2) is 5.69 Å². The van der Waals surface area contributed by atoms with E-state index < -0.39 is 41.5 Å².